The lowest BCUT2D eigenvalue weighted by atomic mass is 10.3. The zero-order valence-electron chi connectivity index (χ0n) is 19.5. The first-order valence-electron chi connectivity index (χ1n) is 10.7. The molecule has 1 atom stereocenters. The second kappa shape index (κ2) is 10.2. The maximum atomic E-state index is 12.9. The smallest absolute Gasteiger partial charge is 0.332 e. The fraction of sp³-hybridized carbons (Fsp3) is 0.261. The molecular formula is C23H25N7O5. The van der Waals surface area contributed by atoms with Gasteiger partial charge in [0.25, 0.3) is 5.56 Å². The molecule has 1 aromatic carbocycles. The number of aliphatic hydroxyl groups excluding tert-OH is 1. The molecule has 0 spiro atoms. The predicted molar refractivity (Wildman–Crippen MR) is 130 cm³/mol. The summed E-state index contributed by atoms with van der Waals surface area (Å²) >= 11 is 0. The van der Waals surface area contributed by atoms with E-state index in [9.17, 15) is 14.7 Å². The van der Waals surface area contributed by atoms with E-state index in [1.807, 2.05) is 0 Å². The van der Waals surface area contributed by atoms with Crippen molar-refractivity contribution >= 4 is 23.3 Å². The molecule has 0 aliphatic rings. The van der Waals surface area contributed by atoms with Gasteiger partial charge < -0.3 is 19.1 Å². The third-order valence-electron chi connectivity index (χ3n) is 5.33. The summed E-state index contributed by atoms with van der Waals surface area (Å²) < 4.78 is 14.5. The quantitative estimate of drug-likeness (QED) is 0.265. The molecule has 2 N–H and O–H groups in total. The molecule has 0 saturated carbocycles. The zero-order chi connectivity index (χ0) is 24.9. The van der Waals surface area contributed by atoms with Crippen molar-refractivity contribution in [3.8, 4) is 11.5 Å². The van der Waals surface area contributed by atoms with Crippen LogP contribution in [0.2, 0.25) is 0 Å². The number of fused-ring (bicyclic) bond motifs is 1. The van der Waals surface area contributed by atoms with Gasteiger partial charge in [-0.25, -0.2) is 10.2 Å². The van der Waals surface area contributed by atoms with E-state index >= 15 is 0 Å². The predicted octanol–water partition coefficient (Wildman–Crippen LogP) is 0.723. The van der Waals surface area contributed by atoms with E-state index in [4.69, 9.17) is 9.47 Å². The maximum absolute atomic E-state index is 12.9. The summed E-state index contributed by atoms with van der Waals surface area (Å²) in [7, 11) is 4.48. The van der Waals surface area contributed by atoms with Crippen LogP contribution in [0.15, 0.2) is 63.5 Å². The van der Waals surface area contributed by atoms with Crippen LogP contribution in [0.4, 0.5) is 5.95 Å². The third-order valence-corrected chi connectivity index (χ3v) is 5.33. The Balaban J connectivity index is 1.62. The molecule has 0 aliphatic heterocycles. The number of aliphatic hydroxyl groups is 1. The Kier molecular flexibility index (Phi) is 6.92. The first kappa shape index (κ1) is 23.7. The number of hydrogen-bond acceptors (Lipinski definition) is 9. The number of ether oxygens (including phenoxy) is 2. The lowest BCUT2D eigenvalue weighted by Gasteiger charge is -2.15. The standard InChI is InChI=1S/C23H25N7O5/c1-28-20-19(21(32)29(2)23(28)33)30(22(26-20)27-25-12-15-8-10-24-11-9-15)13-16(31)14-35-18-6-4-17(34-3)5-7-18/h4-12,16,31H,13-14H2,1-3H3,(H,26,27). The van der Waals surface area contributed by atoms with E-state index in [1.165, 1.54) is 23.2 Å². The Morgan fingerprint density at radius 2 is 1.77 bits per heavy atom. The summed E-state index contributed by atoms with van der Waals surface area (Å²) in [6.07, 6.45) is 3.83. The number of nitrogens with one attached hydrogen (secondary N) is 1. The molecule has 35 heavy (non-hydrogen) atoms. The minimum Gasteiger partial charge on any atom is -0.497 e. The second-order valence-electron chi connectivity index (χ2n) is 7.71. The van der Waals surface area contributed by atoms with Gasteiger partial charge in [0, 0.05) is 26.5 Å². The summed E-state index contributed by atoms with van der Waals surface area (Å²) in [6, 6.07) is 10.5. The van der Waals surface area contributed by atoms with Crippen LogP contribution in [-0.2, 0) is 20.6 Å². The fourth-order valence-corrected chi connectivity index (χ4v) is 3.45. The van der Waals surface area contributed by atoms with Gasteiger partial charge in [-0.2, -0.15) is 10.1 Å². The summed E-state index contributed by atoms with van der Waals surface area (Å²) in [5.74, 6) is 1.43. The SMILES string of the molecule is COc1ccc(OCC(O)Cn2c(NN=Cc3ccncc3)nc3c2c(=O)n(C)c(=O)n3C)cc1. The fourth-order valence-electron chi connectivity index (χ4n) is 3.45. The maximum Gasteiger partial charge on any atom is 0.332 e. The van der Waals surface area contributed by atoms with Crippen LogP contribution in [0.1, 0.15) is 5.56 Å². The summed E-state index contributed by atoms with van der Waals surface area (Å²) in [5, 5.41) is 14.9. The van der Waals surface area contributed by atoms with Crippen LogP contribution in [0, 0.1) is 0 Å². The largest absolute Gasteiger partial charge is 0.497 e. The molecule has 0 amide bonds. The van der Waals surface area contributed by atoms with E-state index < -0.39 is 17.4 Å². The number of nitrogens with zero attached hydrogens (tertiary/aromatic N) is 6. The van der Waals surface area contributed by atoms with Crippen molar-refractivity contribution < 1.29 is 14.6 Å². The highest BCUT2D eigenvalue weighted by atomic mass is 16.5. The molecule has 0 saturated heterocycles. The number of benzene rings is 1. The number of rotatable bonds is 9. The molecule has 4 rings (SSSR count). The van der Waals surface area contributed by atoms with E-state index in [0.717, 1.165) is 10.1 Å². The van der Waals surface area contributed by atoms with Gasteiger partial charge >= 0.3 is 5.69 Å². The summed E-state index contributed by atoms with van der Waals surface area (Å²) in [4.78, 5) is 33.7. The molecule has 0 aliphatic carbocycles. The van der Waals surface area contributed by atoms with Gasteiger partial charge in [-0.15, -0.1) is 0 Å². The van der Waals surface area contributed by atoms with Crippen LogP contribution in [-0.4, -0.2) is 54.8 Å². The average Bonchev–Trinajstić information content (AvgIpc) is 3.24. The Labute approximate surface area is 199 Å². The van der Waals surface area contributed by atoms with Crippen molar-refractivity contribution in [3.63, 3.8) is 0 Å². The molecule has 1 unspecified atom stereocenters. The monoisotopic (exact) mass is 479 g/mol. The lowest BCUT2D eigenvalue weighted by molar-refractivity contribution is 0.0938. The molecule has 182 valence electrons. The second-order valence-corrected chi connectivity index (χ2v) is 7.71. The molecule has 12 nitrogen and oxygen atoms in total. The van der Waals surface area contributed by atoms with Gasteiger partial charge in [-0.3, -0.25) is 18.9 Å². The number of methoxy groups -OCH3 is 1. The van der Waals surface area contributed by atoms with Crippen LogP contribution >= 0.6 is 0 Å². The molecule has 12 heteroatoms. The van der Waals surface area contributed by atoms with Crippen LogP contribution in [0.5, 0.6) is 11.5 Å². The summed E-state index contributed by atoms with van der Waals surface area (Å²) in [6.45, 7) is -0.0784. The Hall–Kier alpha value is -4.45. The van der Waals surface area contributed by atoms with Gasteiger partial charge in [0.1, 0.15) is 24.2 Å². The number of hydrazone groups is 1. The van der Waals surface area contributed by atoms with Gasteiger partial charge in [-0.1, -0.05) is 0 Å². The Bertz CT molecular complexity index is 1460. The van der Waals surface area contributed by atoms with Crippen molar-refractivity contribution in [1.82, 2.24) is 23.7 Å². The number of pyridine rings is 1. The summed E-state index contributed by atoms with van der Waals surface area (Å²) in [5.41, 5.74) is 2.88. The van der Waals surface area contributed by atoms with Crippen molar-refractivity contribution in [2.24, 2.45) is 19.2 Å². The number of imidazole rings is 1. The molecule has 4 aromatic rings. The zero-order valence-corrected chi connectivity index (χ0v) is 19.5. The minimum atomic E-state index is -0.999. The van der Waals surface area contributed by atoms with Gasteiger partial charge in [-0.05, 0) is 42.0 Å². The van der Waals surface area contributed by atoms with Crippen LogP contribution in [0.25, 0.3) is 11.2 Å². The van der Waals surface area contributed by atoms with Crippen molar-refractivity contribution in [2.45, 2.75) is 12.6 Å². The molecule has 0 radical (unpaired) electrons. The highest BCUT2D eigenvalue weighted by Gasteiger charge is 2.21. The van der Waals surface area contributed by atoms with Crippen molar-refractivity contribution in [2.75, 3.05) is 19.1 Å². The van der Waals surface area contributed by atoms with Crippen molar-refractivity contribution in [1.29, 1.82) is 0 Å². The highest BCUT2D eigenvalue weighted by Crippen LogP contribution is 2.19. The van der Waals surface area contributed by atoms with E-state index in [0.29, 0.717) is 11.5 Å². The van der Waals surface area contributed by atoms with E-state index in [2.05, 4.69) is 20.5 Å². The van der Waals surface area contributed by atoms with E-state index in [-0.39, 0.29) is 30.3 Å². The first-order valence-corrected chi connectivity index (χ1v) is 10.7. The van der Waals surface area contributed by atoms with Crippen molar-refractivity contribution in [3.05, 3.63) is 75.2 Å². The molecular weight excluding hydrogens is 454 g/mol. The van der Waals surface area contributed by atoms with Crippen LogP contribution in [0.3, 0.4) is 0 Å². The molecule has 0 bridgehead atoms. The normalized spacial score (nSPS) is 12.2. The topological polar surface area (TPSA) is 138 Å². The number of hydrogen-bond donors (Lipinski definition) is 2. The number of aromatic nitrogens is 5. The number of anilines is 1. The van der Waals surface area contributed by atoms with Gasteiger partial charge in [0.05, 0.1) is 19.9 Å². The first-order chi connectivity index (χ1) is 16.9. The van der Waals surface area contributed by atoms with E-state index in [1.54, 1.807) is 62.1 Å². The lowest BCUT2D eigenvalue weighted by Crippen LogP contribution is -2.38. The van der Waals surface area contributed by atoms with Gasteiger partial charge in [0.2, 0.25) is 5.95 Å². The van der Waals surface area contributed by atoms with Gasteiger partial charge in [0.15, 0.2) is 11.2 Å². The Morgan fingerprint density at radius 1 is 1.09 bits per heavy atom. The van der Waals surface area contributed by atoms with Crippen LogP contribution < -0.4 is 26.1 Å². The molecule has 3 heterocycles. The minimum absolute atomic E-state index is 0.0345. The Morgan fingerprint density at radius 3 is 2.46 bits per heavy atom. The average molecular weight is 479 g/mol. The molecule has 0 fully saturated rings. The highest BCUT2D eigenvalue weighted by molar-refractivity contribution is 5.80. The third kappa shape index (κ3) is 5.06. The number of aryl methyl sites for hydroxylation is 1. The molecule has 3 aromatic heterocycles.